The molecule has 0 aliphatic rings. The molecule has 118 valence electrons. The van der Waals surface area contributed by atoms with Crippen LogP contribution in [0.15, 0.2) is 54.7 Å². The van der Waals surface area contributed by atoms with Gasteiger partial charge in [-0.2, -0.15) is 0 Å². The van der Waals surface area contributed by atoms with Gasteiger partial charge in [0.2, 0.25) is 5.91 Å². The van der Waals surface area contributed by atoms with Gasteiger partial charge in [0.25, 0.3) is 0 Å². The molecule has 2 aromatic carbocycles. The first kappa shape index (κ1) is 15.1. The number of aromatic nitrogens is 1. The number of hydrogen-bond donors (Lipinski definition) is 1. The third kappa shape index (κ3) is 3.34. The molecule has 0 atom stereocenters. The van der Waals surface area contributed by atoms with Crippen LogP contribution in [-0.2, 0) is 11.3 Å². The van der Waals surface area contributed by atoms with Gasteiger partial charge in [0.1, 0.15) is 11.6 Å². The lowest BCUT2D eigenvalue weighted by Gasteiger charge is -2.11. The molecule has 1 amide bonds. The highest BCUT2D eigenvalue weighted by molar-refractivity contribution is 5.92. The number of para-hydroxylation sites is 1. The summed E-state index contributed by atoms with van der Waals surface area (Å²) in [6.07, 6.45) is 2.29. The maximum Gasteiger partial charge on any atom is 0.226 e. The molecule has 0 saturated heterocycles. The van der Waals surface area contributed by atoms with Crippen LogP contribution in [0.25, 0.3) is 10.9 Å². The minimum Gasteiger partial charge on any atom is -0.494 e. The van der Waals surface area contributed by atoms with E-state index in [1.807, 2.05) is 41.1 Å². The van der Waals surface area contributed by atoms with Gasteiger partial charge in [0.05, 0.1) is 12.8 Å². The Hall–Kier alpha value is -2.82. The summed E-state index contributed by atoms with van der Waals surface area (Å²) < 4.78 is 20.3. The minimum absolute atomic E-state index is 0.146. The Kier molecular flexibility index (Phi) is 4.28. The Bertz CT molecular complexity index is 842. The van der Waals surface area contributed by atoms with E-state index in [9.17, 15) is 9.18 Å². The molecule has 0 radical (unpaired) electrons. The lowest BCUT2D eigenvalue weighted by molar-refractivity contribution is -0.116. The zero-order valence-corrected chi connectivity index (χ0v) is 12.8. The van der Waals surface area contributed by atoms with Gasteiger partial charge < -0.3 is 14.6 Å². The molecule has 23 heavy (non-hydrogen) atoms. The molecule has 4 nitrogen and oxygen atoms in total. The third-order valence-corrected chi connectivity index (χ3v) is 3.70. The molecule has 0 saturated carbocycles. The predicted molar refractivity (Wildman–Crippen MR) is 88.1 cm³/mol. The lowest BCUT2D eigenvalue weighted by Crippen LogP contribution is -2.14. The van der Waals surface area contributed by atoms with Gasteiger partial charge in [-0.3, -0.25) is 4.79 Å². The van der Waals surface area contributed by atoms with E-state index in [1.165, 1.54) is 25.3 Å². The summed E-state index contributed by atoms with van der Waals surface area (Å²) in [7, 11) is 1.44. The number of carbonyl (C=O) groups is 1. The molecular weight excluding hydrogens is 295 g/mol. The van der Waals surface area contributed by atoms with Crippen molar-refractivity contribution in [2.24, 2.45) is 0 Å². The Morgan fingerprint density at radius 1 is 1.22 bits per heavy atom. The zero-order valence-electron chi connectivity index (χ0n) is 12.8. The fourth-order valence-corrected chi connectivity index (χ4v) is 2.54. The van der Waals surface area contributed by atoms with Crippen LogP contribution < -0.4 is 10.1 Å². The number of hydrogen-bond acceptors (Lipinski definition) is 2. The maximum atomic E-state index is 13.2. The summed E-state index contributed by atoms with van der Waals surface area (Å²) in [6, 6.07) is 14.1. The van der Waals surface area contributed by atoms with Crippen LogP contribution in [0.4, 0.5) is 10.1 Å². The number of amides is 1. The van der Waals surface area contributed by atoms with Crippen molar-refractivity contribution in [3.63, 3.8) is 0 Å². The van der Waals surface area contributed by atoms with E-state index >= 15 is 0 Å². The number of methoxy groups -OCH3 is 1. The SMILES string of the molecule is COc1cc(F)ccc1NC(=O)CCn1ccc2ccccc21. The fraction of sp³-hybridized carbons (Fsp3) is 0.167. The van der Waals surface area contributed by atoms with Gasteiger partial charge in [-0.1, -0.05) is 18.2 Å². The summed E-state index contributed by atoms with van der Waals surface area (Å²) in [6.45, 7) is 0.572. The number of anilines is 1. The van der Waals surface area contributed by atoms with Gasteiger partial charge in [-0.25, -0.2) is 4.39 Å². The number of fused-ring (bicyclic) bond motifs is 1. The number of halogens is 1. The van der Waals surface area contributed by atoms with Crippen molar-refractivity contribution in [3.05, 3.63) is 60.5 Å². The van der Waals surface area contributed by atoms with E-state index in [4.69, 9.17) is 4.74 Å². The number of aryl methyl sites for hydroxylation is 1. The van der Waals surface area contributed by atoms with Crippen LogP contribution in [0.5, 0.6) is 5.75 Å². The topological polar surface area (TPSA) is 43.3 Å². The molecule has 1 aromatic heterocycles. The molecule has 0 bridgehead atoms. The van der Waals surface area contributed by atoms with Gasteiger partial charge in [-0.15, -0.1) is 0 Å². The Morgan fingerprint density at radius 3 is 2.87 bits per heavy atom. The second-order valence-corrected chi connectivity index (χ2v) is 5.21. The standard InChI is InChI=1S/C18H17FN2O2/c1-23-17-12-14(19)6-7-15(17)20-18(22)9-11-21-10-8-13-4-2-3-5-16(13)21/h2-8,10,12H,9,11H2,1H3,(H,20,22). The fourth-order valence-electron chi connectivity index (χ4n) is 2.54. The Labute approximate surface area is 133 Å². The lowest BCUT2D eigenvalue weighted by atomic mass is 10.2. The van der Waals surface area contributed by atoms with Crippen molar-refractivity contribution < 1.29 is 13.9 Å². The van der Waals surface area contributed by atoms with Crippen molar-refractivity contribution >= 4 is 22.5 Å². The summed E-state index contributed by atoms with van der Waals surface area (Å²) in [5.74, 6) is -0.240. The number of rotatable bonds is 5. The van der Waals surface area contributed by atoms with Crippen LogP contribution in [0, 0.1) is 5.82 Å². The van der Waals surface area contributed by atoms with E-state index in [0.717, 1.165) is 10.9 Å². The maximum absolute atomic E-state index is 13.2. The number of nitrogens with one attached hydrogen (secondary N) is 1. The minimum atomic E-state index is -0.404. The van der Waals surface area contributed by atoms with Gasteiger partial charge in [0, 0.05) is 30.7 Å². The number of nitrogens with zero attached hydrogens (tertiary/aromatic N) is 1. The smallest absolute Gasteiger partial charge is 0.226 e. The molecule has 3 aromatic rings. The monoisotopic (exact) mass is 312 g/mol. The quantitative estimate of drug-likeness (QED) is 0.778. The molecular formula is C18H17FN2O2. The highest BCUT2D eigenvalue weighted by atomic mass is 19.1. The summed E-state index contributed by atoms with van der Waals surface area (Å²) in [5, 5.41) is 3.90. The normalized spacial score (nSPS) is 10.7. The molecule has 0 unspecified atom stereocenters. The van der Waals surface area contributed by atoms with E-state index in [-0.39, 0.29) is 5.91 Å². The van der Waals surface area contributed by atoms with Gasteiger partial charge >= 0.3 is 0 Å². The summed E-state index contributed by atoms with van der Waals surface area (Å²) >= 11 is 0. The second kappa shape index (κ2) is 6.52. The molecule has 3 rings (SSSR count). The molecule has 0 aliphatic heterocycles. The van der Waals surface area contributed by atoms with Crippen molar-refractivity contribution in [1.29, 1.82) is 0 Å². The number of ether oxygens (including phenoxy) is 1. The average molecular weight is 312 g/mol. The van der Waals surface area contributed by atoms with Gasteiger partial charge in [0.15, 0.2) is 0 Å². The number of benzene rings is 2. The van der Waals surface area contributed by atoms with E-state index in [2.05, 4.69) is 5.32 Å². The Balaban J connectivity index is 1.66. The highest BCUT2D eigenvalue weighted by Gasteiger charge is 2.09. The molecule has 0 spiro atoms. The third-order valence-electron chi connectivity index (χ3n) is 3.70. The number of carbonyl (C=O) groups excluding carboxylic acids is 1. The predicted octanol–water partition coefficient (Wildman–Crippen LogP) is 3.82. The van der Waals surface area contributed by atoms with E-state index in [1.54, 1.807) is 0 Å². The first-order valence-corrected chi connectivity index (χ1v) is 7.34. The van der Waals surface area contributed by atoms with Crippen molar-refractivity contribution in [1.82, 2.24) is 4.57 Å². The summed E-state index contributed by atoms with van der Waals surface area (Å²) in [4.78, 5) is 12.1. The van der Waals surface area contributed by atoms with Gasteiger partial charge in [-0.05, 0) is 29.7 Å². The first-order valence-electron chi connectivity index (χ1n) is 7.34. The van der Waals surface area contributed by atoms with Crippen molar-refractivity contribution in [2.75, 3.05) is 12.4 Å². The molecule has 1 heterocycles. The van der Waals surface area contributed by atoms with Crippen molar-refractivity contribution in [2.45, 2.75) is 13.0 Å². The Morgan fingerprint density at radius 2 is 2.04 bits per heavy atom. The molecule has 0 aliphatic carbocycles. The van der Waals surface area contributed by atoms with E-state index < -0.39 is 5.82 Å². The van der Waals surface area contributed by atoms with Crippen LogP contribution in [0.1, 0.15) is 6.42 Å². The molecule has 1 N–H and O–H groups in total. The molecule has 0 fully saturated rings. The first-order chi connectivity index (χ1) is 11.2. The summed E-state index contributed by atoms with van der Waals surface area (Å²) in [5.41, 5.74) is 1.57. The van der Waals surface area contributed by atoms with Crippen LogP contribution >= 0.6 is 0 Å². The van der Waals surface area contributed by atoms with Crippen LogP contribution in [0.2, 0.25) is 0 Å². The second-order valence-electron chi connectivity index (χ2n) is 5.21. The van der Waals surface area contributed by atoms with Crippen molar-refractivity contribution in [3.8, 4) is 5.75 Å². The zero-order chi connectivity index (χ0) is 16.2. The van der Waals surface area contributed by atoms with E-state index in [0.29, 0.717) is 24.4 Å². The van der Waals surface area contributed by atoms with Crippen LogP contribution in [-0.4, -0.2) is 17.6 Å². The highest BCUT2D eigenvalue weighted by Crippen LogP contribution is 2.25. The van der Waals surface area contributed by atoms with Crippen LogP contribution in [0.3, 0.4) is 0 Å². The molecule has 5 heteroatoms. The largest absolute Gasteiger partial charge is 0.494 e. The average Bonchev–Trinajstić information content (AvgIpc) is 2.98.